The normalized spacial score (nSPS) is 10.1. The molecule has 0 atom stereocenters. The molecule has 2 N–H and O–H groups in total. The van der Waals surface area contributed by atoms with E-state index in [0.717, 1.165) is 15.7 Å². The third-order valence-corrected chi connectivity index (χ3v) is 3.59. The van der Waals surface area contributed by atoms with Gasteiger partial charge in [-0.3, -0.25) is 4.79 Å². The highest BCUT2D eigenvalue weighted by Gasteiger charge is 2.13. The van der Waals surface area contributed by atoms with Crippen LogP contribution in [0.1, 0.15) is 15.9 Å². The van der Waals surface area contributed by atoms with Crippen LogP contribution in [0.2, 0.25) is 0 Å². The van der Waals surface area contributed by atoms with Crippen molar-refractivity contribution in [1.82, 2.24) is 0 Å². The van der Waals surface area contributed by atoms with Crippen molar-refractivity contribution in [3.63, 3.8) is 0 Å². The lowest BCUT2D eigenvalue weighted by Crippen LogP contribution is -2.14. The van der Waals surface area contributed by atoms with E-state index >= 15 is 0 Å². The highest BCUT2D eigenvalue weighted by molar-refractivity contribution is 9.10. The number of nitrogens with one attached hydrogen (secondary N) is 2. The summed E-state index contributed by atoms with van der Waals surface area (Å²) < 4.78 is 6.13. The number of hydrogen-bond donors (Lipinski definition) is 2. The smallest absolute Gasteiger partial charge is 0.257 e. The summed E-state index contributed by atoms with van der Waals surface area (Å²) in [5.41, 5.74) is 3.10. The first-order valence-corrected chi connectivity index (χ1v) is 7.27. The highest BCUT2D eigenvalue weighted by Crippen LogP contribution is 2.29. The number of amides is 1. The van der Waals surface area contributed by atoms with Gasteiger partial charge in [-0.05, 0) is 42.8 Å². The topological polar surface area (TPSA) is 50.4 Å². The summed E-state index contributed by atoms with van der Waals surface area (Å²) in [7, 11) is 3.37. The molecule has 0 spiro atoms. The molecule has 2 aromatic rings. The van der Waals surface area contributed by atoms with Gasteiger partial charge in [0.15, 0.2) is 0 Å². The minimum atomic E-state index is -0.184. The van der Waals surface area contributed by atoms with Crippen LogP contribution in [0.25, 0.3) is 0 Å². The molecular formula is C16H17BrN2O2. The van der Waals surface area contributed by atoms with Crippen molar-refractivity contribution in [2.45, 2.75) is 6.92 Å². The first-order valence-electron chi connectivity index (χ1n) is 6.48. The Kier molecular flexibility index (Phi) is 4.85. The zero-order valence-corrected chi connectivity index (χ0v) is 13.7. The Balaban J connectivity index is 2.32. The summed E-state index contributed by atoms with van der Waals surface area (Å²) in [5, 5.41) is 5.92. The van der Waals surface area contributed by atoms with Crippen LogP contribution in [-0.4, -0.2) is 20.1 Å². The molecule has 110 valence electrons. The van der Waals surface area contributed by atoms with Gasteiger partial charge < -0.3 is 15.4 Å². The fourth-order valence-electron chi connectivity index (χ4n) is 2.03. The van der Waals surface area contributed by atoms with Crippen LogP contribution >= 0.6 is 15.9 Å². The molecule has 0 aromatic heterocycles. The summed E-state index contributed by atoms with van der Waals surface area (Å²) in [4.78, 5) is 12.5. The maximum absolute atomic E-state index is 12.5. The molecule has 0 aliphatic heterocycles. The summed E-state index contributed by atoms with van der Waals surface area (Å²) in [6, 6.07) is 11.1. The number of anilines is 2. The van der Waals surface area contributed by atoms with E-state index in [0.29, 0.717) is 17.0 Å². The molecule has 0 heterocycles. The number of ether oxygens (including phenoxy) is 1. The zero-order chi connectivity index (χ0) is 15.4. The van der Waals surface area contributed by atoms with E-state index in [-0.39, 0.29) is 5.91 Å². The van der Waals surface area contributed by atoms with E-state index < -0.39 is 0 Å². The SMILES string of the molecule is CNc1cc(C)ccc1C(=O)Nc1cc(Br)ccc1OC. The fraction of sp³-hybridized carbons (Fsp3) is 0.188. The van der Waals surface area contributed by atoms with Crippen molar-refractivity contribution in [3.8, 4) is 5.75 Å². The van der Waals surface area contributed by atoms with Crippen molar-refractivity contribution < 1.29 is 9.53 Å². The maximum Gasteiger partial charge on any atom is 0.257 e. The van der Waals surface area contributed by atoms with E-state index in [4.69, 9.17) is 4.74 Å². The predicted molar refractivity (Wildman–Crippen MR) is 89.4 cm³/mol. The lowest BCUT2D eigenvalue weighted by Gasteiger charge is -2.13. The second kappa shape index (κ2) is 6.63. The Morgan fingerprint density at radius 2 is 1.90 bits per heavy atom. The van der Waals surface area contributed by atoms with Gasteiger partial charge >= 0.3 is 0 Å². The molecule has 0 fully saturated rings. The molecule has 0 saturated carbocycles. The van der Waals surface area contributed by atoms with Gasteiger partial charge in [0.05, 0.1) is 18.4 Å². The molecule has 1 amide bonds. The van der Waals surface area contributed by atoms with Gasteiger partial charge in [0.1, 0.15) is 5.75 Å². The van der Waals surface area contributed by atoms with Crippen molar-refractivity contribution >= 4 is 33.2 Å². The zero-order valence-electron chi connectivity index (χ0n) is 12.2. The molecule has 2 rings (SSSR count). The second-order valence-electron chi connectivity index (χ2n) is 4.60. The molecule has 2 aromatic carbocycles. The Morgan fingerprint density at radius 1 is 1.14 bits per heavy atom. The lowest BCUT2D eigenvalue weighted by atomic mass is 10.1. The quantitative estimate of drug-likeness (QED) is 0.875. The number of methoxy groups -OCH3 is 1. The molecule has 21 heavy (non-hydrogen) atoms. The van der Waals surface area contributed by atoms with Crippen LogP contribution < -0.4 is 15.4 Å². The minimum Gasteiger partial charge on any atom is -0.495 e. The molecule has 0 radical (unpaired) electrons. The van der Waals surface area contributed by atoms with Crippen molar-refractivity contribution in [2.75, 3.05) is 24.8 Å². The standard InChI is InChI=1S/C16H17BrN2O2/c1-10-4-6-12(13(8-10)18-2)16(20)19-14-9-11(17)5-7-15(14)21-3/h4-9,18H,1-3H3,(H,19,20). The number of carbonyl (C=O) groups is 1. The van der Waals surface area contributed by atoms with Gasteiger partial charge in [-0.2, -0.15) is 0 Å². The summed E-state index contributed by atoms with van der Waals surface area (Å²) >= 11 is 3.39. The van der Waals surface area contributed by atoms with Crippen LogP contribution in [0.3, 0.4) is 0 Å². The number of rotatable bonds is 4. The average Bonchev–Trinajstić information content (AvgIpc) is 2.47. The molecule has 5 heteroatoms. The largest absolute Gasteiger partial charge is 0.495 e. The molecule has 4 nitrogen and oxygen atoms in total. The van der Waals surface area contributed by atoms with Crippen LogP contribution in [0.15, 0.2) is 40.9 Å². The monoisotopic (exact) mass is 348 g/mol. The first-order chi connectivity index (χ1) is 10.0. The van der Waals surface area contributed by atoms with E-state index in [1.807, 2.05) is 31.2 Å². The summed E-state index contributed by atoms with van der Waals surface area (Å²) in [5.74, 6) is 0.431. The molecule has 0 saturated heterocycles. The van der Waals surface area contributed by atoms with Gasteiger partial charge in [-0.1, -0.05) is 22.0 Å². The number of carbonyl (C=O) groups excluding carboxylic acids is 1. The number of benzene rings is 2. The predicted octanol–water partition coefficient (Wildman–Crippen LogP) is 4.06. The van der Waals surface area contributed by atoms with Crippen molar-refractivity contribution in [1.29, 1.82) is 0 Å². The van der Waals surface area contributed by atoms with Crippen molar-refractivity contribution in [3.05, 3.63) is 52.0 Å². The molecule has 0 aliphatic carbocycles. The maximum atomic E-state index is 12.5. The van der Waals surface area contributed by atoms with E-state index in [1.165, 1.54) is 0 Å². The third kappa shape index (κ3) is 3.55. The third-order valence-electron chi connectivity index (χ3n) is 3.10. The molecular weight excluding hydrogens is 332 g/mol. The van der Waals surface area contributed by atoms with Crippen LogP contribution in [0.4, 0.5) is 11.4 Å². The van der Waals surface area contributed by atoms with Crippen LogP contribution in [0.5, 0.6) is 5.75 Å². The van der Waals surface area contributed by atoms with E-state index in [2.05, 4.69) is 26.6 Å². The minimum absolute atomic E-state index is 0.184. The van der Waals surface area contributed by atoms with Crippen LogP contribution in [0, 0.1) is 6.92 Å². The first kappa shape index (κ1) is 15.4. The van der Waals surface area contributed by atoms with Crippen molar-refractivity contribution in [2.24, 2.45) is 0 Å². The van der Waals surface area contributed by atoms with Gasteiger partial charge in [0.25, 0.3) is 5.91 Å². The Morgan fingerprint density at radius 3 is 2.57 bits per heavy atom. The summed E-state index contributed by atoms with van der Waals surface area (Å²) in [6.07, 6.45) is 0. The molecule has 0 unspecified atom stereocenters. The Labute approximate surface area is 132 Å². The van der Waals surface area contributed by atoms with E-state index in [1.54, 1.807) is 26.3 Å². The molecule has 0 bridgehead atoms. The lowest BCUT2D eigenvalue weighted by molar-refractivity contribution is 0.102. The van der Waals surface area contributed by atoms with Gasteiger partial charge in [0, 0.05) is 17.2 Å². The Bertz CT molecular complexity index is 671. The van der Waals surface area contributed by atoms with Crippen LogP contribution in [-0.2, 0) is 0 Å². The van der Waals surface area contributed by atoms with Gasteiger partial charge in [0.2, 0.25) is 0 Å². The number of halogens is 1. The molecule has 0 aliphatic rings. The Hall–Kier alpha value is -2.01. The van der Waals surface area contributed by atoms with Gasteiger partial charge in [-0.15, -0.1) is 0 Å². The van der Waals surface area contributed by atoms with Gasteiger partial charge in [-0.25, -0.2) is 0 Å². The summed E-state index contributed by atoms with van der Waals surface area (Å²) in [6.45, 7) is 1.99. The second-order valence-corrected chi connectivity index (χ2v) is 5.51. The average molecular weight is 349 g/mol. The fourth-order valence-corrected chi connectivity index (χ4v) is 2.39. The highest BCUT2D eigenvalue weighted by atomic mass is 79.9. The number of hydrogen-bond acceptors (Lipinski definition) is 3. The number of aryl methyl sites for hydroxylation is 1. The van der Waals surface area contributed by atoms with E-state index in [9.17, 15) is 4.79 Å².